The van der Waals surface area contributed by atoms with E-state index in [2.05, 4.69) is 30.6 Å². The number of nitrogens with one attached hydrogen (secondary N) is 1. The summed E-state index contributed by atoms with van der Waals surface area (Å²) in [4.78, 5) is 1.51. The van der Waals surface area contributed by atoms with Crippen molar-refractivity contribution < 1.29 is 0 Å². The molecule has 1 unspecified atom stereocenters. The van der Waals surface area contributed by atoms with E-state index in [0.717, 1.165) is 6.04 Å². The molecule has 2 heteroatoms. The van der Waals surface area contributed by atoms with E-state index in [9.17, 15) is 0 Å². The van der Waals surface area contributed by atoms with Gasteiger partial charge in [-0.15, -0.1) is 11.3 Å². The van der Waals surface area contributed by atoms with Gasteiger partial charge < -0.3 is 5.32 Å². The lowest BCUT2D eigenvalue weighted by Gasteiger charge is -2.18. The fraction of sp³-hybridized carbons (Fsp3) is 0.667. The minimum atomic E-state index is 0.540. The van der Waals surface area contributed by atoms with Crippen LogP contribution in [0.15, 0.2) is 11.4 Å². The van der Waals surface area contributed by atoms with Crippen molar-refractivity contribution in [3.8, 4) is 0 Å². The molecule has 78 valence electrons. The quantitative estimate of drug-likeness (QED) is 0.801. The highest BCUT2D eigenvalue weighted by molar-refractivity contribution is 7.10. The molecule has 1 aliphatic carbocycles. The molecule has 1 N–H and O–H groups in total. The highest BCUT2D eigenvalue weighted by atomic mass is 32.1. The summed E-state index contributed by atoms with van der Waals surface area (Å²) in [6.45, 7) is 4.50. The monoisotopic (exact) mass is 209 g/mol. The molecular weight excluding hydrogens is 190 g/mol. The first kappa shape index (κ1) is 10.2. The van der Waals surface area contributed by atoms with Gasteiger partial charge in [-0.25, -0.2) is 0 Å². The molecule has 1 aromatic rings. The Labute approximate surface area is 90.5 Å². The Balaban J connectivity index is 1.95. The highest BCUT2D eigenvalue weighted by Crippen LogP contribution is 2.26. The van der Waals surface area contributed by atoms with Crippen molar-refractivity contribution in [3.63, 3.8) is 0 Å². The predicted octanol–water partition coefficient (Wildman–Crippen LogP) is 3.65. The molecule has 1 saturated carbocycles. The van der Waals surface area contributed by atoms with Crippen molar-refractivity contribution in [2.75, 3.05) is 0 Å². The van der Waals surface area contributed by atoms with Gasteiger partial charge in [-0.2, -0.15) is 0 Å². The van der Waals surface area contributed by atoms with E-state index in [0.29, 0.717) is 6.04 Å². The second kappa shape index (κ2) is 4.45. The molecule has 0 radical (unpaired) electrons. The first-order valence-electron chi connectivity index (χ1n) is 5.57. The lowest BCUT2D eigenvalue weighted by molar-refractivity contribution is 0.465. The molecule has 0 amide bonds. The maximum Gasteiger partial charge on any atom is 0.0390 e. The summed E-state index contributed by atoms with van der Waals surface area (Å²) in [5, 5.41) is 5.92. The van der Waals surface area contributed by atoms with Crippen LogP contribution < -0.4 is 5.32 Å². The standard InChI is InChI=1S/C12H19NS/c1-9-7-8-14-12(9)10(2)13-11-5-3-4-6-11/h7-8,10-11,13H,3-6H2,1-2H3. The third-order valence-corrected chi connectivity index (χ3v) is 4.34. The molecule has 0 spiro atoms. The molecule has 0 bridgehead atoms. The Hall–Kier alpha value is -0.340. The SMILES string of the molecule is Cc1ccsc1C(C)NC1CCCC1. The zero-order valence-corrected chi connectivity index (χ0v) is 9.86. The molecule has 1 aliphatic rings. The maximum absolute atomic E-state index is 3.73. The summed E-state index contributed by atoms with van der Waals surface area (Å²) in [6, 6.07) is 3.52. The van der Waals surface area contributed by atoms with Gasteiger partial charge in [-0.1, -0.05) is 12.8 Å². The molecule has 1 heterocycles. The van der Waals surface area contributed by atoms with Crippen LogP contribution in [0.3, 0.4) is 0 Å². The zero-order valence-electron chi connectivity index (χ0n) is 9.05. The summed E-state index contributed by atoms with van der Waals surface area (Å²) in [7, 11) is 0. The molecule has 1 atom stereocenters. The van der Waals surface area contributed by atoms with Crippen LogP contribution in [0.4, 0.5) is 0 Å². The smallest absolute Gasteiger partial charge is 0.0390 e. The van der Waals surface area contributed by atoms with Crippen LogP contribution >= 0.6 is 11.3 Å². The number of aryl methyl sites for hydroxylation is 1. The Bertz CT molecular complexity index is 286. The van der Waals surface area contributed by atoms with Gasteiger partial charge in [-0.3, -0.25) is 0 Å². The van der Waals surface area contributed by atoms with Crippen molar-refractivity contribution in [3.05, 3.63) is 21.9 Å². The molecule has 0 aliphatic heterocycles. The van der Waals surface area contributed by atoms with Gasteiger partial charge in [-0.05, 0) is 43.7 Å². The van der Waals surface area contributed by atoms with E-state index >= 15 is 0 Å². The summed E-state index contributed by atoms with van der Waals surface area (Å²) >= 11 is 1.88. The minimum absolute atomic E-state index is 0.540. The lowest BCUT2D eigenvalue weighted by Crippen LogP contribution is -2.28. The van der Waals surface area contributed by atoms with Crippen LogP contribution in [0, 0.1) is 6.92 Å². The van der Waals surface area contributed by atoms with E-state index in [1.807, 2.05) is 11.3 Å². The van der Waals surface area contributed by atoms with E-state index in [1.54, 1.807) is 0 Å². The van der Waals surface area contributed by atoms with E-state index < -0.39 is 0 Å². The van der Waals surface area contributed by atoms with Gasteiger partial charge in [0, 0.05) is 17.0 Å². The second-order valence-corrected chi connectivity index (χ2v) is 5.29. The first-order chi connectivity index (χ1) is 6.77. The van der Waals surface area contributed by atoms with E-state index in [4.69, 9.17) is 0 Å². The molecule has 0 aromatic carbocycles. The Morgan fingerprint density at radius 2 is 2.14 bits per heavy atom. The van der Waals surface area contributed by atoms with E-state index in [1.165, 1.54) is 36.1 Å². The van der Waals surface area contributed by atoms with Crippen LogP contribution in [-0.4, -0.2) is 6.04 Å². The third-order valence-electron chi connectivity index (χ3n) is 3.14. The zero-order chi connectivity index (χ0) is 9.97. The second-order valence-electron chi connectivity index (χ2n) is 4.34. The molecular formula is C12H19NS. The first-order valence-corrected chi connectivity index (χ1v) is 6.45. The molecule has 1 aromatic heterocycles. The van der Waals surface area contributed by atoms with Gasteiger partial charge >= 0.3 is 0 Å². The van der Waals surface area contributed by atoms with Crippen LogP contribution in [0.1, 0.15) is 49.1 Å². The van der Waals surface area contributed by atoms with Gasteiger partial charge in [0.1, 0.15) is 0 Å². The van der Waals surface area contributed by atoms with Gasteiger partial charge in [0.2, 0.25) is 0 Å². The molecule has 14 heavy (non-hydrogen) atoms. The number of rotatable bonds is 3. The van der Waals surface area contributed by atoms with Crippen LogP contribution in [0.25, 0.3) is 0 Å². The number of hydrogen-bond donors (Lipinski definition) is 1. The topological polar surface area (TPSA) is 12.0 Å². The molecule has 1 nitrogen and oxygen atoms in total. The van der Waals surface area contributed by atoms with Crippen molar-refractivity contribution in [1.82, 2.24) is 5.32 Å². The van der Waals surface area contributed by atoms with Gasteiger partial charge in [0.25, 0.3) is 0 Å². The largest absolute Gasteiger partial charge is 0.307 e. The predicted molar refractivity (Wildman–Crippen MR) is 62.9 cm³/mol. The normalized spacial score (nSPS) is 20.1. The maximum atomic E-state index is 3.73. The van der Waals surface area contributed by atoms with Crippen molar-refractivity contribution in [2.45, 2.75) is 51.6 Å². The van der Waals surface area contributed by atoms with Gasteiger partial charge in [0.15, 0.2) is 0 Å². The van der Waals surface area contributed by atoms with Crippen molar-refractivity contribution in [2.24, 2.45) is 0 Å². The van der Waals surface area contributed by atoms with Crippen molar-refractivity contribution in [1.29, 1.82) is 0 Å². The summed E-state index contributed by atoms with van der Waals surface area (Å²) < 4.78 is 0. The Kier molecular flexibility index (Phi) is 3.24. The molecule has 0 saturated heterocycles. The average Bonchev–Trinajstić information content (AvgIpc) is 2.75. The third kappa shape index (κ3) is 2.18. The fourth-order valence-corrected chi connectivity index (χ4v) is 3.29. The van der Waals surface area contributed by atoms with Gasteiger partial charge in [0.05, 0.1) is 0 Å². The summed E-state index contributed by atoms with van der Waals surface area (Å²) in [5.41, 5.74) is 1.44. The van der Waals surface area contributed by atoms with Crippen LogP contribution in [-0.2, 0) is 0 Å². The van der Waals surface area contributed by atoms with E-state index in [-0.39, 0.29) is 0 Å². The Morgan fingerprint density at radius 3 is 2.71 bits per heavy atom. The highest BCUT2D eigenvalue weighted by Gasteiger charge is 2.18. The minimum Gasteiger partial charge on any atom is -0.307 e. The summed E-state index contributed by atoms with van der Waals surface area (Å²) in [5.74, 6) is 0. The number of thiophene rings is 1. The fourth-order valence-electron chi connectivity index (χ4n) is 2.35. The average molecular weight is 209 g/mol. The Morgan fingerprint density at radius 1 is 1.43 bits per heavy atom. The van der Waals surface area contributed by atoms with Crippen LogP contribution in [0.5, 0.6) is 0 Å². The molecule has 2 rings (SSSR count). The van der Waals surface area contributed by atoms with Crippen LogP contribution in [0.2, 0.25) is 0 Å². The lowest BCUT2D eigenvalue weighted by atomic mass is 10.1. The molecule has 1 fully saturated rings. The van der Waals surface area contributed by atoms with Crippen molar-refractivity contribution >= 4 is 11.3 Å². The summed E-state index contributed by atoms with van der Waals surface area (Å²) in [6.07, 6.45) is 5.56. The number of hydrogen-bond acceptors (Lipinski definition) is 2.